The molecule has 1 aromatic rings. The summed E-state index contributed by atoms with van der Waals surface area (Å²) in [7, 11) is 1.59. The molecular weight excluding hydrogens is 345 g/mol. The van der Waals surface area contributed by atoms with Gasteiger partial charge in [-0.05, 0) is 48.1 Å². The van der Waals surface area contributed by atoms with Crippen molar-refractivity contribution in [3.05, 3.63) is 21.3 Å². The lowest BCUT2D eigenvalue weighted by atomic mass is 10.2. The van der Waals surface area contributed by atoms with Crippen LogP contribution in [-0.2, 0) is 0 Å². The highest BCUT2D eigenvalue weighted by molar-refractivity contribution is 14.1. The maximum Gasteiger partial charge on any atom is 0.251 e. The normalized spacial score (nSPS) is 10.0. The molecule has 1 aromatic carbocycles. The van der Waals surface area contributed by atoms with Crippen molar-refractivity contribution < 1.29 is 14.3 Å². The minimum atomic E-state index is -0.0848. The minimum absolute atomic E-state index is 0.0848. The highest BCUT2D eigenvalue weighted by atomic mass is 127. The largest absolute Gasteiger partial charge is 0.492 e. The Bertz CT molecular complexity index is 421. The molecule has 4 nitrogen and oxygen atoms in total. The molecule has 1 amide bonds. The Morgan fingerprint density at radius 1 is 1.39 bits per heavy atom. The second-order valence-corrected chi connectivity index (χ2v) is 4.84. The van der Waals surface area contributed by atoms with Gasteiger partial charge < -0.3 is 14.8 Å². The lowest BCUT2D eigenvalue weighted by Gasteiger charge is -2.13. The predicted molar refractivity (Wildman–Crippen MR) is 79.5 cm³/mol. The monoisotopic (exact) mass is 363 g/mol. The Hall–Kier alpha value is -0.980. The van der Waals surface area contributed by atoms with Gasteiger partial charge in [0.2, 0.25) is 0 Å². The third-order valence-electron chi connectivity index (χ3n) is 2.31. The molecule has 0 saturated carbocycles. The fourth-order valence-electron chi connectivity index (χ4n) is 1.50. The topological polar surface area (TPSA) is 47.6 Å². The smallest absolute Gasteiger partial charge is 0.251 e. The van der Waals surface area contributed by atoms with Crippen LogP contribution in [0.15, 0.2) is 12.1 Å². The second-order valence-electron chi connectivity index (χ2n) is 3.68. The molecule has 0 aliphatic heterocycles. The number of ether oxygens (including phenoxy) is 2. The number of halogens is 1. The van der Waals surface area contributed by atoms with Crippen molar-refractivity contribution in [3.8, 4) is 11.5 Å². The Kier molecular flexibility index (Phi) is 6.24. The zero-order valence-electron chi connectivity index (χ0n) is 10.9. The molecule has 1 rings (SSSR count). The highest BCUT2D eigenvalue weighted by Gasteiger charge is 2.14. The molecule has 0 aliphatic rings. The first-order valence-corrected chi connectivity index (χ1v) is 7.00. The van der Waals surface area contributed by atoms with E-state index >= 15 is 0 Å². The van der Waals surface area contributed by atoms with Crippen LogP contribution in [0.3, 0.4) is 0 Å². The van der Waals surface area contributed by atoms with Crippen molar-refractivity contribution in [2.24, 2.45) is 0 Å². The van der Waals surface area contributed by atoms with E-state index in [0.717, 1.165) is 9.99 Å². The standard InChI is InChI=1S/C13H18INO3/c1-4-6-15-13(16)9-7-10(14)12(17-3)11(8-9)18-5-2/h7-8H,4-6H2,1-3H3,(H,15,16). The number of hydrogen-bond acceptors (Lipinski definition) is 3. The summed E-state index contributed by atoms with van der Waals surface area (Å²) in [6.45, 7) is 5.12. The van der Waals surface area contributed by atoms with Crippen LogP contribution in [0.5, 0.6) is 11.5 Å². The molecule has 1 N–H and O–H groups in total. The molecule has 100 valence electrons. The maximum atomic E-state index is 11.9. The maximum absolute atomic E-state index is 11.9. The van der Waals surface area contributed by atoms with Crippen molar-refractivity contribution in [2.45, 2.75) is 20.3 Å². The van der Waals surface area contributed by atoms with Crippen LogP contribution in [-0.4, -0.2) is 26.2 Å². The van der Waals surface area contributed by atoms with E-state index in [2.05, 4.69) is 27.9 Å². The number of benzene rings is 1. The Morgan fingerprint density at radius 2 is 2.11 bits per heavy atom. The van der Waals surface area contributed by atoms with E-state index in [-0.39, 0.29) is 5.91 Å². The van der Waals surface area contributed by atoms with E-state index in [0.29, 0.717) is 30.2 Å². The van der Waals surface area contributed by atoms with Gasteiger partial charge in [0.1, 0.15) is 0 Å². The Balaban J connectivity index is 3.03. The average Bonchev–Trinajstić information content (AvgIpc) is 2.36. The van der Waals surface area contributed by atoms with Crippen molar-refractivity contribution in [1.29, 1.82) is 0 Å². The zero-order valence-corrected chi connectivity index (χ0v) is 13.0. The molecule has 5 heteroatoms. The summed E-state index contributed by atoms with van der Waals surface area (Å²) in [5.41, 5.74) is 0.595. The van der Waals surface area contributed by atoms with Crippen molar-refractivity contribution in [2.75, 3.05) is 20.3 Å². The lowest BCUT2D eigenvalue weighted by molar-refractivity contribution is 0.0953. The average molecular weight is 363 g/mol. The van der Waals surface area contributed by atoms with Gasteiger partial charge in [-0.3, -0.25) is 4.79 Å². The first-order valence-electron chi connectivity index (χ1n) is 5.92. The van der Waals surface area contributed by atoms with Gasteiger partial charge in [0.15, 0.2) is 11.5 Å². The molecule has 0 atom stereocenters. The lowest BCUT2D eigenvalue weighted by Crippen LogP contribution is -2.24. The molecule has 0 aromatic heterocycles. The molecule has 0 unspecified atom stereocenters. The van der Waals surface area contributed by atoms with E-state index in [1.54, 1.807) is 19.2 Å². The van der Waals surface area contributed by atoms with Gasteiger partial charge in [-0.15, -0.1) is 0 Å². The van der Waals surface area contributed by atoms with Gasteiger partial charge in [-0.1, -0.05) is 6.92 Å². The first-order chi connectivity index (χ1) is 8.63. The molecule has 0 aliphatic carbocycles. The highest BCUT2D eigenvalue weighted by Crippen LogP contribution is 2.33. The third kappa shape index (κ3) is 3.76. The van der Waals surface area contributed by atoms with E-state index in [1.165, 1.54) is 0 Å². The van der Waals surface area contributed by atoms with Gasteiger partial charge in [0.05, 0.1) is 17.3 Å². The molecule has 0 saturated heterocycles. The van der Waals surface area contributed by atoms with Crippen molar-refractivity contribution >= 4 is 28.5 Å². The molecule has 18 heavy (non-hydrogen) atoms. The Labute approximate surface area is 121 Å². The Morgan fingerprint density at radius 3 is 2.67 bits per heavy atom. The number of nitrogens with one attached hydrogen (secondary N) is 1. The number of carbonyl (C=O) groups excluding carboxylic acids is 1. The molecule has 0 heterocycles. The van der Waals surface area contributed by atoms with E-state index < -0.39 is 0 Å². The fourth-order valence-corrected chi connectivity index (χ4v) is 2.32. The second kappa shape index (κ2) is 7.45. The van der Waals surface area contributed by atoms with Gasteiger partial charge in [0, 0.05) is 12.1 Å². The molecule has 0 radical (unpaired) electrons. The van der Waals surface area contributed by atoms with E-state index in [4.69, 9.17) is 9.47 Å². The van der Waals surface area contributed by atoms with Gasteiger partial charge in [-0.2, -0.15) is 0 Å². The molecular formula is C13H18INO3. The number of carbonyl (C=O) groups is 1. The van der Waals surface area contributed by atoms with Gasteiger partial charge in [-0.25, -0.2) is 0 Å². The first kappa shape index (κ1) is 15.1. The van der Waals surface area contributed by atoms with Gasteiger partial charge in [0.25, 0.3) is 5.91 Å². The predicted octanol–water partition coefficient (Wildman–Crippen LogP) is 2.84. The summed E-state index contributed by atoms with van der Waals surface area (Å²) in [4.78, 5) is 11.9. The van der Waals surface area contributed by atoms with Crippen LogP contribution in [0.2, 0.25) is 0 Å². The minimum Gasteiger partial charge on any atom is -0.492 e. The van der Waals surface area contributed by atoms with Crippen LogP contribution in [0, 0.1) is 3.57 Å². The fraction of sp³-hybridized carbons (Fsp3) is 0.462. The van der Waals surface area contributed by atoms with Gasteiger partial charge >= 0.3 is 0 Å². The third-order valence-corrected chi connectivity index (χ3v) is 3.11. The zero-order chi connectivity index (χ0) is 13.5. The summed E-state index contributed by atoms with van der Waals surface area (Å²) in [6.07, 6.45) is 0.914. The summed E-state index contributed by atoms with van der Waals surface area (Å²) in [6, 6.07) is 3.52. The van der Waals surface area contributed by atoms with Crippen molar-refractivity contribution in [1.82, 2.24) is 5.32 Å². The molecule has 0 bridgehead atoms. The van der Waals surface area contributed by atoms with Crippen LogP contribution in [0.4, 0.5) is 0 Å². The summed E-state index contributed by atoms with van der Waals surface area (Å²) < 4.78 is 11.6. The molecule has 0 spiro atoms. The SMILES string of the molecule is CCCNC(=O)c1cc(I)c(OC)c(OCC)c1. The number of methoxy groups -OCH3 is 1. The summed E-state index contributed by atoms with van der Waals surface area (Å²) in [5, 5.41) is 2.84. The molecule has 0 fully saturated rings. The summed E-state index contributed by atoms with van der Waals surface area (Å²) >= 11 is 2.14. The van der Waals surface area contributed by atoms with Crippen LogP contribution < -0.4 is 14.8 Å². The summed E-state index contributed by atoms with van der Waals surface area (Å²) in [5.74, 6) is 1.19. The number of rotatable bonds is 6. The number of hydrogen-bond donors (Lipinski definition) is 1. The quantitative estimate of drug-likeness (QED) is 0.791. The number of amides is 1. The van der Waals surface area contributed by atoms with E-state index in [9.17, 15) is 4.79 Å². The van der Waals surface area contributed by atoms with Crippen LogP contribution in [0.1, 0.15) is 30.6 Å². The van der Waals surface area contributed by atoms with Crippen molar-refractivity contribution in [3.63, 3.8) is 0 Å². The van der Waals surface area contributed by atoms with Crippen LogP contribution in [0.25, 0.3) is 0 Å². The van der Waals surface area contributed by atoms with E-state index in [1.807, 2.05) is 13.8 Å². The van der Waals surface area contributed by atoms with Crippen LogP contribution >= 0.6 is 22.6 Å².